The SMILES string of the molecule is C=CCON1CCCc2ccccc21. The molecule has 1 aromatic rings. The minimum absolute atomic E-state index is 0.578. The van der Waals surface area contributed by atoms with Crippen molar-refractivity contribution in [2.75, 3.05) is 18.2 Å². The molecule has 0 N–H and O–H groups in total. The summed E-state index contributed by atoms with van der Waals surface area (Å²) in [6.07, 6.45) is 4.09. The average Bonchev–Trinajstić information content (AvgIpc) is 2.26. The van der Waals surface area contributed by atoms with E-state index >= 15 is 0 Å². The molecular weight excluding hydrogens is 174 g/mol. The molecule has 2 rings (SSSR count). The van der Waals surface area contributed by atoms with Gasteiger partial charge in [-0.15, -0.1) is 6.58 Å². The Morgan fingerprint density at radius 1 is 1.43 bits per heavy atom. The van der Waals surface area contributed by atoms with Crippen LogP contribution in [0.5, 0.6) is 0 Å². The predicted molar refractivity (Wildman–Crippen MR) is 58.3 cm³/mol. The van der Waals surface area contributed by atoms with E-state index in [1.807, 2.05) is 5.06 Å². The second-order valence-corrected chi connectivity index (χ2v) is 3.42. The number of benzene rings is 1. The van der Waals surface area contributed by atoms with E-state index in [0.29, 0.717) is 6.61 Å². The van der Waals surface area contributed by atoms with Crippen LogP contribution in [0.1, 0.15) is 12.0 Å². The van der Waals surface area contributed by atoms with Gasteiger partial charge >= 0.3 is 0 Å². The maximum Gasteiger partial charge on any atom is 0.0927 e. The topological polar surface area (TPSA) is 12.5 Å². The summed E-state index contributed by atoms with van der Waals surface area (Å²) >= 11 is 0. The molecule has 0 bridgehead atoms. The molecule has 0 unspecified atom stereocenters. The standard InChI is InChI=1S/C12H15NO/c1-2-10-14-13-9-5-7-11-6-3-4-8-12(11)13/h2-4,6,8H,1,5,7,9-10H2. The van der Waals surface area contributed by atoms with E-state index in [-0.39, 0.29) is 0 Å². The number of fused-ring (bicyclic) bond motifs is 1. The Balaban J connectivity index is 2.17. The lowest BCUT2D eigenvalue weighted by Gasteiger charge is -2.29. The fraction of sp³-hybridized carbons (Fsp3) is 0.333. The first-order valence-corrected chi connectivity index (χ1v) is 5.01. The summed E-state index contributed by atoms with van der Waals surface area (Å²) in [5.74, 6) is 0. The monoisotopic (exact) mass is 189 g/mol. The van der Waals surface area contributed by atoms with Crippen LogP contribution in [0.4, 0.5) is 5.69 Å². The van der Waals surface area contributed by atoms with Crippen LogP contribution >= 0.6 is 0 Å². The van der Waals surface area contributed by atoms with Crippen molar-refractivity contribution in [3.05, 3.63) is 42.5 Å². The summed E-state index contributed by atoms with van der Waals surface area (Å²) in [6, 6.07) is 8.40. The van der Waals surface area contributed by atoms with Crippen LogP contribution in [-0.2, 0) is 11.3 Å². The van der Waals surface area contributed by atoms with E-state index in [0.717, 1.165) is 19.4 Å². The molecule has 0 spiro atoms. The molecule has 1 aliphatic rings. The van der Waals surface area contributed by atoms with Gasteiger partial charge in [0, 0.05) is 6.54 Å². The van der Waals surface area contributed by atoms with E-state index in [4.69, 9.17) is 4.84 Å². The van der Waals surface area contributed by atoms with Crippen molar-refractivity contribution in [1.82, 2.24) is 0 Å². The zero-order chi connectivity index (χ0) is 9.80. The summed E-state index contributed by atoms with van der Waals surface area (Å²) in [5.41, 5.74) is 2.59. The summed E-state index contributed by atoms with van der Waals surface area (Å²) < 4.78 is 0. The minimum atomic E-state index is 0.578. The number of hydroxylamine groups is 1. The smallest absolute Gasteiger partial charge is 0.0927 e. The highest BCUT2D eigenvalue weighted by molar-refractivity contribution is 5.53. The lowest BCUT2D eigenvalue weighted by atomic mass is 10.0. The molecule has 2 heteroatoms. The van der Waals surface area contributed by atoms with Crippen LogP contribution in [0, 0.1) is 0 Å². The van der Waals surface area contributed by atoms with Crippen molar-refractivity contribution in [1.29, 1.82) is 0 Å². The third kappa shape index (κ3) is 1.80. The molecular formula is C12H15NO. The number of nitrogens with zero attached hydrogens (tertiary/aromatic N) is 1. The quantitative estimate of drug-likeness (QED) is 0.677. The Labute approximate surface area is 84.8 Å². The lowest BCUT2D eigenvalue weighted by Crippen LogP contribution is -2.29. The molecule has 0 radical (unpaired) electrons. The fourth-order valence-electron chi connectivity index (χ4n) is 1.78. The molecule has 0 saturated carbocycles. The molecule has 1 aliphatic heterocycles. The van der Waals surface area contributed by atoms with E-state index in [1.165, 1.54) is 11.3 Å². The molecule has 14 heavy (non-hydrogen) atoms. The van der Waals surface area contributed by atoms with Gasteiger partial charge in [0.1, 0.15) is 0 Å². The molecule has 0 aliphatic carbocycles. The van der Waals surface area contributed by atoms with E-state index in [2.05, 4.69) is 30.8 Å². The fourth-order valence-corrected chi connectivity index (χ4v) is 1.78. The van der Waals surface area contributed by atoms with Crippen LogP contribution in [0.15, 0.2) is 36.9 Å². The molecule has 1 heterocycles. The van der Waals surface area contributed by atoms with Crippen molar-refractivity contribution in [2.24, 2.45) is 0 Å². The zero-order valence-corrected chi connectivity index (χ0v) is 8.28. The Morgan fingerprint density at radius 2 is 2.29 bits per heavy atom. The van der Waals surface area contributed by atoms with E-state index in [9.17, 15) is 0 Å². The van der Waals surface area contributed by atoms with Crippen LogP contribution in [0.25, 0.3) is 0 Å². The first-order valence-electron chi connectivity index (χ1n) is 5.01. The van der Waals surface area contributed by atoms with Gasteiger partial charge in [0.15, 0.2) is 0 Å². The molecule has 0 amide bonds. The minimum Gasteiger partial charge on any atom is -0.269 e. The van der Waals surface area contributed by atoms with Crippen LogP contribution in [0.3, 0.4) is 0 Å². The summed E-state index contributed by atoms with van der Waals surface area (Å²) in [6.45, 7) is 5.20. The Kier molecular flexibility index (Phi) is 2.84. The highest BCUT2D eigenvalue weighted by atomic mass is 16.7. The Bertz CT molecular complexity index is 322. The van der Waals surface area contributed by atoms with Crippen molar-refractivity contribution in [3.63, 3.8) is 0 Å². The molecule has 0 fully saturated rings. The van der Waals surface area contributed by atoms with Crippen LogP contribution in [0.2, 0.25) is 0 Å². The first-order chi connectivity index (χ1) is 6.92. The maximum absolute atomic E-state index is 5.57. The summed E-state index contributed by atoms with van der Waals surface area (Å²) in [5, 5.41) is 1.97. The summed E-state index contributed by atoms with van der Waals surface area (Å²) in [7, 11) is 0. The molecule has 1 aromatic carbocycles. The van der Waals surface area contributed by atoms with Gasteiger partial charge in [-0.05, 0) is 24.5 Å². The predicted octanol–water partition coefficient (Wildman–Crippen LogP) is 2.56. The number of hydrogen-bond donors (Lipinski definition) is 0. The average molecular weight is 189 g/mol. The highest BCUT2D eigenvalue weighted by Gasteiger charge is 2.15. The second-order valence-electron chi connectivity index (χ2n) is 3.42. The van der Waals surface area contributed by atoms with Crippen molar-refractivity contribution < 1.29 is 4.84 Å². The largest absolute Gasteiger partial charge is 0.269 e. The third-order valence-electron chi connectivity index (χ3n) is 2.42. The Hall–Kier alpha value is -1.28. The highest BCUT2D eigenvalue weighted by Crippen LogP contribution is 2.26. The molecule has 74 valence electrons. The molecule has 0 atom stereocenters. The van der Waals surface area contributed by atoms with Gasteiger partial charge in [0.2, 0.25) is 0 Å². The first kappa shape index (κ1) is 9.28. The van der Waals surface area contributed by atoms with Gasteiger partial charge in [-0.1, -0.05) is 24.3 Å². The normalized spacial score (nSPS) is 15.0. The maximum atomic E-state index is 5.57. The van der Waals surface area contributed by atoms with Crippen molar-refractivity contribution in [3.8, 4) is 0 Å². The van der Waals surface area contributed by atoms with Crippen LogP contribution < -0.4 is 5.06 Å². The number of para-hydroxylation sites is 1. The second kappa shape index (κ2) is 4.29. The van der Waals surface area contributed by atoms with Crippen molar-refractivity contribution in [2.45, 2.75) is 12.8 Å². The van der Waals surface area contributed by atoms with Gasteiger partial charge in [-0.25, -0.2) is 0 Å². The third-order valence-corrected chi connectivity index (χ3v) is 2.42. The van der Waals surface area contributed by atoms with Gasteiger partial charge < -0.3 is 0 Å². The Morgan fingerprint density at radius 3 is 3.14 bits per heavy atom. The van der Waals surface area contributed by atoms with Gasteiger partial charge in [0.25, 0.3) is 0 Å². The lowest BCUT2D eigenvalue weighted by molar-refractivity contribution is 0.129. The van der Waals surface area contributed by atoms with Gasteiger partial charge in [0.05, 0.1) is 12.3 Å². The summed E-state index contributed by atoms with van der Waals surface area (Å²) in [4.78, 5) is 5.57. The van der Waals surface area contributed by atoms with E-state index < -0.39 is 0 Å². The van der Waals surface area contributed by atoms with Gasteiger partial charge in [-0.3, -0.25) is 9.90 Å². The number of hydrogen-bond acceptors (Lipinski definition) is 2. The van der Waals surface area contributed by atoms with Crippen LogP contribution in [-0.4, -0.2) is 13.2 Å². The number of aryl methyl sites for hydroxylation is 1. The molecule has 0 aromatic heterocycles. The van der Waals surface area contributed by atoms with Crippen molar-refractivity contribution >= 4 is 5.69 Å². The molecule has 0 saturated heterocycles. The van der Waals surface area contributed by atoms with E-state index in [1.54, 1.807) is 6.08 Å². The number of anilines is 1. The molecule has 2 nitrogen and oxygen atoms in total. The number of rotatable bonds is 3. The van der Waals surface area contributed by atoms with Gasteiger partial charge in [-0.2, -0.15) is 0 Å². The zero-order valence-electron chi connectivity index (χ0n) is 8.28.